The van der Waals surface area contributed by atoms with Crippen LogP contribution >= 0.6 is 0 Å². The summed E-state index contributed by atoms with van der Waals surface area (Å²) in [6.07, 6.45) is 0. The predicted octanol–water partition coefficient (Wildman–Crippen LogP) is 3.39. The van der Waals surface area contributed by atoms with E-state index in [-0.39, 0.29) is 16.2 Å². The van der Waals surface area contributed by atoms with Crippen LogP contribution in [0.4, 0.5) is 0 Å². The molecule has 0 amide bonds. The van der Waals surface area contributed by atoms with Gasteiger partial charge >= 0.3 is 0 Å². The third-order valence-corrected chi connectivity index (χ3v) is 5.92. The highest BCUT2D eigenvalue weighted by atomic mass is 32.2. The maximum atomic E-state index is 12.7. The minimum Gasteiger partial charge on any atom is -0.495 e. The van der Waals surface area contributed by atoms with Crippen LogP contribution in [0.5, 0.6) is 5.75 Å². The van der Waals surface area contributed by atoms with Crippen LogP contribution < -0.4 is 15.4 Å². The van der Waals surface area contributed by atoms with E-state index >= 15 is 0 Å². The molecule has 0 saturated heterocycles. The number of nitrogens with one attached hydrogen (secondary N) is 1. The average molecular weight is 431 g/mol. The molecule has 7 nitrogen and oxygen atoms in total. The number of hydrogen-bond donors (Lipinski definition) is 2. The molecule has 3 N–H and O–H groups in total. The zero-order valence-electron chi connectivity index (χ0n) is 16.4. The molecular formula is C23H17N3O4S. The normalized spacial score (nSPS) is 11.3. The molecule has 0 spiro atoms. The molecule has 154 valence electrons. The Balaban J connectivity index is 1.95. The molecule has 0 atom stereocenters. The Kier molecular flexibility index (Phi) is 5.07. The second-order valence-corrected chi connectivity index (χ2v) is 8.42. The topological polar surface area (TPSA) is 126 Å². The first-order valence-electron chi connectivity index (χ1n) is 9.19. The summed E-state index contributed by atoms with van der Waals surface area (Å²) in [6, 6.07) is 21.4. The number of nitrogens with zero attached hydrogens (tertiary/aromatic N) is 1. The van der Waals surface area contributed by atoms with Crippen LogP contribution in [0.25, 0.3) is 33.2 Å². The summed E-state index contributed by atoms with van der Waals surface area (Å²) < 4.78 is 29.0. The molecule has 0 saturated carbocycles. The minimum absolute atomic E-state index is 0.0285. The molecule has 3 aromatic carbocycles. The van der Waals surface area contributed by atoms with Crippen molar-refractivity contribution in [2.45, 2.75) is 4.90 Å². The van der Waals surface area contributed by atoms with Crippen molar-refractivity contribution in [2.75, 3.05) is 7.11 Å². The van der Waals surface area contributed by atoms with Crippen molar-refractivity contribution in [2.24, 2.45) is 5.14 Å². The monoisotopic (exact) mass is 431 g/mol. The van der Waals surface area contributed by atoms with Gasteiger partial charge in [-0.3, -0.25) is 4.79 Å². The van der Waals surface area contributed by atoms with E-state index in [0.717, 1.165) is 10.8 Å². The van der Waals surface area contributed by atoms with Crippen molar-refractivity contribution < 1.29 is 13.2 Å². The molecule has 0 radical (unpaired) electrons. The Morgan fingerprint density at radius 3 is 2.35 bits per heavy atom. The van der Waals surface area contributed by atoms with Crippen LogP contribution in [-0.2, 0) is 10.0 Å². The van der Waals surface area contributed by atoms with E-state index in [1.165, 1.54) is 19.2 Å². The first-order valence-corrected chi connectivity index (χ1v) is 10.7. The van der Waals surface area contributed by atoms with Gasteiger partial charge < -0.3 is 9.72 Å². The van der Waals surface area contributed by atoms with Crippen molar-refractivity contribution in [3.63, 3.8) is 0 Å². The molecule has 1 heterocycles. The van der Waals surface area contributed by atoms with Crippen LogP contribution in [0.2, 0.25) is 0 Å². The number of nitriles is 1. The van der Waals surface area contributed by atoms with E-state index in [1.54, 1.807) is 12.1 Å². The van der Waals surface area contributed by atoms with Crippen molar-refractivity contribution in [3.8, 4) is 34.2 Å². The molecule has 31 heavy (non-hydrogen) atoms. The molecule has 1 aromatic heterocycles. The molecule has 4 aromatic rings. The number of benzene rings is 3. The van der Waals surface area contributed by atoms with Crippen LogP contribution in [0, 0.1) is 11.3 Å². The molecule has 0 aliphatic carbocycles. The first kappa shape index (κ1) is 20.3. The van der Waals surface area contributed by atoms with E-state index in [2.05, 4.69) is 4.98 Å². The van der Waals surface area contributed by atoms with Gasteiger partial charge in [0, 0.05) is 11.3 Å². The van der Waals surface area contributed by atoms with Crippen LogP contribution in [0.3, 0.4) is 0 Å². The molecule has 0 unspecified atom stereocenters. The van der Waals surface area contributed by atoms with Gasteiger partial charge in [-0.15, -0.1) is 0 Å². The number of rotatable bonds is 4. The van der Waals surface area contributed by atoms with Gasteiger partial charge in [0.1, 0.15) is 22.3 Å². The standard InChI is InChI=1S/C23H17N3O4S/c1-30-21-9-8-17(11-22(21)31(25,28)29)20-12-18(19(13-24)23(27)26-20)16-7-6-14-4-2-3-5-15(14)10-16/h2-12H,1H3,(H,26,27)(H2,25,28,29). The lowest BCUT2D eigenvalue weighted by atomic mass is 9.97. The Hall–Kier alpha value is -3.93. The van der Waals surface area contributed by atoms with Crippen molar-refractivity contribution in [1.29, 1.82) is 5.26 Å². The van der Waals surface area contributed by atoms with E-state index in [0.29, 0.717) is 22.4 Å². The number of aromatic amines is 1. The summed E-state index contributed by atoms with van der Waals surface area (Å²) in [5.41, 5.74) is 1.30. The Labute approximate surface area is 178 Å². The molecule has 0 fully saturated rings. The highest BCUT2D eigenvalue weighted by Crippen LogP contribution is 2.32. The lowest BCUT2D eigenvalue weighted by Gasteiger charge is -2.12. The first-order chi connectivity index (χ1) is 14.8. The number of sulfonamides is 1. The van der Waals surface area contributed by atoms with E-state index in [1.807, 2.05) is 48.5 Å². The lowest BCUT2D eigenvalue weighted by molar-refractivity contribution is 0.403. The van der Waals surface area contributed by atoms with Crippen molar-refractivity contribution in [1.82, 2.24) is 4.98 Å². The summed E-state index contributed by atoms with van der Waals surface area (Å²) >= 11 is 0. The van der Waals surface area contributed by atoms with Gasteiger partial charge in [0.15, 0.2) is 0 Å². The maximum Gasteiger partial charge on any atom is 0.266 e. The number of hydrogen-bond acceptors (Lipinski definition) is 5. The van der Waals surface area contributed by atoms with Crippen LogP contribution in [-0.4, -0.2) is 20.5 Å². The largest absolute Gasteiger partial charge is 0.495 e. The van der Waals surface area contributed by atoms with E-state index in [4.69, 9.17) is 9.88 Å². The number of nitrogens with two attached hydrogens (primary N) is 1. The third-order valence-electron chi connectivity index (χ3n) is 4.99. The highest BCUT2D eigenvalue weighted by molar-refractivity contribution is 7.89. The molecule has 8 heteroatoms. The van der Waals surface area contributed by atoms with Crippen molar-refractivity contribution in [3.05, 3.63) is 82.6 Å². The molecular weight excluding hydrogens is 414 g/mol. The highest BCUT2D eigenvalue weighted by Gasteiger charge is 2.18. The maximum absolute atomic E-state index is 12.7. The smallest absolute Gasteiger partial charge is 0.266 e. The van der Waals surface area contributed by atoms with E-state index in [9.17, 15) is 18.5 Å². The summed E-state index contributed by atoms with van der Waals surface area (Å²) in [6.45, 7) is 0. The number of primary sulfonamides is 1. The lowest BCUT2D eigenvalue weighted by Crippen LogP contribution is -2.15. The fourth-order valence-electron chi connectivity index (χ4n) is 3.48. The molecule has 0 bridgehead atoms. The zero-order chi connectivity index (χ0) is 22.2. The molecule has 0 aliphatic heterocycles. The summed E-state index contributed by atoms with van der Waals surface area (Å²) in [5.74, 6) is 0.0944. The Morgan fingerprint density at radius 1 is 0.968 bits per heavy atom. The average Bonchev–Trinajstić information content (AvgIpc) is 2.77. The van der Waals surface area contributed by atoms with E-state index < -0.39 is 15.6 Å². The van der Waals surface area contributed by atoms with Gasteiger partial charge in [-0.1, -0.05) is 36.4 Å². The molecule has 0 aliphatic rings. The quantitative estimate of drug-likeness (QED) is 0.512. The van der Waals surface area contributed by atoms with Gasteiger partial charge in [0.2, 0.25) is 10.0 Å². The Bertz CT molecular complexity index is 1530. The summed E-state index contributed by atoms with van der Waals surface area (Å²) in [7, 11) is -2.72. The SMILES string of the molecule is COc1ccc(-c2cc(-c3ccc4ccccc4c3)c(C#N)c(=O)[nH]2)cc1S(N)(=O)=O. The number of pyridine rings is 1. The number of methoxy groups -OCH3 is 1. The van der Waals surface area contributed by atoms with Crippen LogP contribution in [0.15, 0.2) is 76.4 Å². The zero-order valence-corrected chi connectivity index (χ0v) is 17.2. The number of H-pyrrole nitrogens is 1. The third kappa shape index (κ3) is 3.80. The number of fused-ring (bicyclic) bond motifs is 1. The fraction of sp³-hybridized carbons (Fsp3) is 0.0435. The minimum atomic E-state index is -4.05. The van der Waals surface area contributed by atoms with Gasteiger partial charge in [0.25, 0.3) is 5.56 Å². The van der Waals surface area contributed by atoms with Crippen LogP contribution in [0.1, 0.15) is 5.56 Å². The fourth-order valence-corrected chi connectivity index (χ4v) is 4.20. The van der Waals surface area contributed by atoms with Gasteiger partial charge in [-0.05, 0) is 52.2 Å². The number of aromatic nitrogens is 1. The van der Waals surface area contributed by atoms with Crippen molar-refractivity contribution >= 4 is 20.8 Å². The molecule has 4 rings (SSSR count). The second kappa shape index (κ2) is 7.72. The predicted molar refractivity (Wildman–Crippen MR) is 118 cm³/mol. The van der Waals surface area contributed by atoms with Gasteiger partial charge in [-0.2, -0.15) is 5.26 Å². The number of ether oxygens (including phenoxy) is 1. The summed E-state index contributed by atoms with van der Waals surface area (Å²) in [5, 5.41) is 16.9. The van der Waals surface area contributed by atoms with Gasteiger partial charge in [0.05, 0.1) is 7.11 Å². The van der Waals surface area contributed by atoms with Gasteiger partial charge in [-0.25, -0.2) is 13.6 Å². The Morgan fingerprint density at radius 2 is 1.68 bits per heavy atom. The second-order valence-electron chi connectivity index (χ2n) is 6.89. The summed E-state index contributed by atoms with van der Waals surface area (Å²) in [4.78, 5) is 15.1.